The maximum atomic E-state index is 8.25. The second-order valence-electron chi connectivity index (χ2n) is 0. The quantitative estimate of drug-likeness (QED) is 0.263. The first kappa shape index (κ1) is 16.7. The summed E-state index contributed by atoms with van der Waals surface area (Å²) >= 11 is 0. The third-order valence-corrected chi connectivity index (χ3v) is 0. The summed E-state index contributed by atoms with van der Waals surface area (Å²) < 4.78 is 0. The normalized spacial score (nSPS) is 1.50. The average molecular weight is 77.0 g/mol. The van der Waals surface area contributed by atoms with Gasteiger partial charge >= 0.3 is 59.1 Å². The monoisotopic (exact) mass is 77.0 g/mol. The SMILES string of the molecule is C[O-].[Na+].[Na+]. The topological polar surface area (TPSA) is 23.1 Å². The zero-order valence-corrected chi connectivity index (χ0v) is 7.41. The molecule has 3 heteroatoms. The van der Waals surface area contributed by atoms with E-state index in [1.165, 1.54) is 0 Å². The first-order valence-electron chi connectivity index (χ1n) is 0.408. The molecule has 4 heavy (non-hydrogen) atoms. The molecule has 0 amide bonds. The average Bonchev–Trinajstić information content (AvgIpc) is 1.00. The van der Waals surface area contributed by atoms with Crippen LogP contribution in [0, 0.1) is 0 Å². The molecule has 0 aromatic carbocycles. The Kier molecular flexibility index (Phi) is 84.7. The van der Waals surface area contributed by atoms with E-state index in [4.69, 9.17) is 5.11 Å². The predicted octanol–water partition coefficient (Wildman–Crippen LogP) is -7.02. The van der Waals surface area contributed by atoms with Gasteiger partial charge in [0.2, 0.25) is 0 Å². The van der Waals surface area contributed by atoms with Crippen LogP contribution in [-0.4, -0.2) is 7.11 Å². The first-order valence-corrected chi connectivity index (χ1v) is 0.408. The molecule has 14 valence electrons. The third-order valence-electron chi connectivity index (χ3n) is 0. The summed E-state index contributed by atoms with van der Waals surface area (Å²) in [5.41, 5.74) is 0. The molecule has 0 radical (unpaired) electrons. The fraction of sp³-hybridized carbons (Fsp3) is 1.00. The van der Waals surface area contributed by atoms with Crippen LogP contribution in [0.4, 0.5) is 0 Å². The zero-order chi connectivity index (χ0) is 2.00. The molecular formula is CH3Na2O+. The summed E-state index contributed by atoms with van der Waals surface area (Å²) in [6.07, 6.45) is 0. The zero-order valence-electron chi connectivity index (χ0n) is 3.41. The van der Waals surface area contributed by atoms with Crippen LogP contribution >= 0.6 is 0 Å². The van der Waals surface area contributed by atoms with Crippen molar-refractivity contribution in [2.24, 2.45) is 0 Å². The van der Waals surface area contributed by atoms with E-state index < -0.39 is 0 Å². The van der Waals surface area contributed by atoms with Crippen molar-refractivity contribution in [3.8, 4) is 0 Å². The van der Waals surface area contributed by atoms with E-state index in [0.717, 1.165) is 7.11 Å². The molecule has 0 saturated carbocycles. The van der Waals surface area contributed by atoms with Crippen LogP contribution in [0.25, 0.3) is 0 Å². The third kappa shape index (κ3) is 9.03. The summed E-state index contributed by atoms with van der Waals surface area (Å²) in [6, 6.07) is 0. The fourth-order valence-corrected chi connectivity index (χ4v) is 0. The van der Waals surface area contributed by atoms with Crippen LogP contribution < -0.4 is 64.2 Å². The Bertz CT molecular complexity index is 6.00. The first-order chi connectivity index (χ1) is 1.00. The van der Waals surface area contributed by atoms with Crippen molar-refractivity contribution in [1.29, 1.82) is 0 Å². The van der Waals surface area contributed by atoms with Crippen LogP contribution in [-0.2, 0) is 0 Å². The Balaban J connectivity index is -0.00000000500. The Morgan fingerprint density at radius 1 is 1.00 bits per heavy atom. The summed E-state index contributed by atoms with van der Waals surface area (Å²) in [5, 5.41) is 8.25. The van der Waals surface area contributed by atoms with Crippen LogP contribution in [0.2, 0.25) is 0 Å². The summed E-state index contributed by atoms with van der Waals surface area (Å²) in [5.74, 6) is 0. The molecule has 0 spiro atoms. The van der Waals surface area contributed by atoms with E-state index >= 15 is 0 Å². The van der Waals surface area contributed by atoms with Gasteiger partial charge < -0.3 is 5.11 Å². The molecule has 1 nitrogen and oxygen atoms in total. The number of hydrogen-bond donors (Lipinski definition) is 0. The molecule has 0 aliphatic heterocycles. The van der Waals surface area contributed by atoms with Gasteiger partial charge in [-0.2, -0.15) is 7.11 Å². The minimum Gasteiger partial charge on any atom is -0.857 e. The molecule has 0 aliphatic rings. The largest absolute Gasteiger partial charge is 1.00 e. The van der Waals surface area contributed by atoms with Crippen LogP contribution in [0.3, 0.4) is 0 Å². The summed E-state index contributed by atoms with van der Waals surface area (Å²) in [7, 11) is 0.750. The van der Waals surface area contributed by atoms with Gasteiger partial charge in [-0.05, 0) is 0 Å². The molecule has 0 heterocycles. The maximum Gasteiger partial charge on any atom is 1.00 e. The standard InChI is InChI=1S/CH3O.2Na/c1-2;;/h1H3;;/q-1;2*+1. The molecule has 0 aliphatic carbocycles. The summed E-state index contributed by atoms with van der Waals surface area (Å²) in [6.45, 7) is 0. The molecule has 0 unspecified atom stereocenters. The Morgan fingerprint density at radius 3 is 1.00 bits per heavy atom. The van der Waals surface area contributed by atoms with Crippen LogP contribution in [0.15, 0.2) is 0 Å². The number of rotatable bonds is 0. The van der Waals surface area contributed by atoms with Crippen molar-refractivity contribution in [2.75, 3.05) is 7.11 Å². The minimum atomic E-state index is 0. The van der Waals surface area contributed by atoms with Crippen LogP contribution in [0.5, 0.6) is 0 Å². The molecule has 0 fully saturated rings. The molecule has 0 rings (SSSR count). The van der Waals surface area contributed by atoms with E-state index in [2.05, 4.69) is 0 Å². The van der Waals surface area contributed by atoms with E-state index in [0.29, 0.717) is 0 Å². The van der Waals surface area contributed by atoms with Gasteiger partial charge in [0, 0.05) is 0 Å². The molecule has 0 atom stereocenters. The van der Waals surface area contributed by atoms with Gasteiger partial charge in [-0.25, -0.2) is 0 Å². The molecule has 0 aromatic heterocycles. The molecule has 0 bridgehead atoms. The van der Waals surface area contributed by atoms with Gasteiger partial charge in [0.15, 0.2) is 0 Å². The Labute approximate surface area is 70.4 Å². The minimum absolute atomic E-state index is 0. The van der Waals surface area contributed by atoms with Crippen LogP contribution in [0.1, 0.15) is 0 Å². The Hall–Kier alpha value is 1.96. The van der Waals surface area contributed by atoms with Gasteiger partial charge in [-0.3, -0.25) is 0 Å². The van der Waals surface area contributed by atoms with Crippen molar-refractivity contribution in [3.05, 3.63) is 0 Å². The van der Waals surface area contributed by atoms with E-state index in [9.17, 15) is 0 Å². The fourth-order valence-electron chi connectivity index (χ4n) is 0. The molecular weight excluding hydrogens is 74.0 g/mol. The van der Waals surface area contributed by atoms with Gasteiger partial charge in [0.25, 0.3) is 0 Å². The van der Waals surface area contributed by atoms with Crippen molar-refractivity contribution in [3.63, 3.8) is 0 Å². The van der Waals surface area contributed by atoms with Crippen molar-refractivity contribution < 1.29 is 64.2 Å². The second-order valence-corrected chi connectivity index (χ2v) is 0. The second kappa shape index (κ2) is 20.2. The smallest absolute Gasteiger partial charge is 0.857 e. The molecule has 0 N–H and O–H groups in total. The molecule has 0 saturated heterocycles. The summed E-state index contributed by atoms with van der Waals surface area (Å²) in [4.78, 5) is 0. The van der Waals surface area contributed by atoms with Crippen molar-refractivity contribution in [2.45, 2.75) is 0 Å². The van der Waals surface area contributed by atoms with Gasteiger partial charge in [0.1, 0.15) is 0 Å². The van der Waals surface area contributed by atoms with Crippen molar-refractivity contribution in [1.82, 2.24) is 0 Å². The maximum absolute atomic E-state index is 8.25. The van der Waals surface area contributed by atoms with E-state index in [1.807, 2.05) is 0 Å². The predicted molar refractivity (Wildman–Crippen MR) is 5.92 cm³/mol. The number of hydrogen-bond acceptors (Lipinski definition) is 1. The van der Waals surface area contributed by atoms with Gasteiger partial charge in [0.05, 0.1) is 0 Å². The Morgan fingerprint density at radius 2 is 1.00 bits per heavy atom. The van der Waals surface area contributed by atoms with E-state index in [1.54, 1.807) is 0 Å². The van der Waals surface area contributed by atoms with Gasteiger partial charge in [-0.1, -0.05) is 0 Å². The van der Waals surface area contributed by atoms with Crippen molar-refractivity contribution >= 4 is 0 Å². The molecule has 0 aromatic rings. The van der Waals surface area contributed by atoms with E-state index in [-0.39, 0.29) is 59.1 Å². The van der Waals surface area contributed by atoms with Gasteiger partial charge in [-0.15, -0.1) is 0 Å².